The lowest BCUT2D eigenvalue weighted by Crippen LogP contribution is -2.32. The quantitative estimate of drug-likeness (QED) is 0.787. The summed E-state index contributed by atoms with van der Waals surface area (Å²) < 4.78 is 0. The van der Waals surface area contributed by atoms with Crippen molar-refractivity contribution in [1.82, 2.24) is 19.9 Å². The van der Waals surface area contributed by atoms with E-state index in [1.165, 1.54) is 16.8 Å². The average molecular weight is 331 g/mol. The van der Waals surface area contributed by atoms with Crippen molar-refractivity contribution < 1.29 is 0 Å². The first kappa shape index (κ1) is 16.3. The summed E-state index contributed by atoms with van der Waals surface area (Å²) in [4.78, 5) is 16.1. The Hall–Kier alpha value is -1.52. The predicted octanol–water partition coefficient (Wildman–Crippen LogP) is 3.69. The standard InChI is InChI=1S/C18H23ClN4/c1-12-13(5-6-16(19)21-12)10-23-8-7-15-14(11-23)9-20-17(22-15)18(2,3)4/h5-6,9H,7-8,10-11H2,1-4H3. The lowest BCUT2D eigenvalue weighted by atomic mass is 9.95. The second kappa shape index (κ2) is 6.17. The molecule has 0 aliphatic carbocycles. The Bertz CT molecular complexity index is 721. The molecule has 1 aliphatic heterocycles. The number of aryl methyl sites for hydroxylation is 1. The van der Waals surface area contributed by atoms with Crippen LogP contribution >= 0.6 is 11.6 Å². The molecular formula is C18H23ClN4. The molecule has 122 valence electrons. The van der Waals surface area contributed by atoms with Crippen LogP contribution < -0.4 is 0 Å². The molecule has 2 aromatic heterocycles. The van der Waals surface area contributed by atoms with Gasteiger partial charge in [0.25, 0.3) is 0 Å². The van der Waals surface area contributed by atoms with Crippen molar-refractivity contribution in [3.8, 4) is 0 Å². The molecule has 5 heteroatoms. The van der Waals surface area contributed by atoms with Gasteiger partial charge in [-0.2, -0.15) is 0 Å². The highest BCUT2D eigenvalue weighted by molar-refractivity contribution is 6.29. The zero-order valence-electron chi connectivity index (χ0n) is 14.2. The van der Waals surface area contributed by atoms with E-state index in [9.17, 15) is 0 Å². The van der Waals surface area contributed by atoms with Crippen molar-refractivity contribution in [1.29, 1.82) is 0 Å². The minimum Gasteiger partial charge on any atom is -0.294 e. The second-order valence-electron chi connectivity index (χ2n) is 7.25. The van der Waals surface area contributed by atoms with Gasteiger partial charge in [0.1, 0.15) is 11.0 Å². The van der Waals surface area contributed by atoms with Gasteiger partial charge in [0, 0.05) is 54.6 Å². The molecule has 3 heterocycles. The number of nitrogens with zero attached hydrogens (tertiary/aromatic N) is 4. The van der Waals surface area contributed by atoms with E-state index in [0.29, 0.717) is 5.15 Å². The van der Waals surface area contributed by atoms with Crippen molar-refractivity contribution in [3.63, 3.8) is 0 Å². The van der Waals surface area contributed by atoms with Gasteiger partial charge in [-0.15, -0.1) is 0 Å². The zero-order chi connectivity index (χ0) is 16.6. The number of hydrogen-bond donors (Lipinski definition) is 0. The molecule has 0 N–H and O–H groups in total. The summed E-state index contributed by atoms with van der Waals surface area (Å²) in [7, 11) is 0. The first-order valence-electron chi connectivity index (χ1n) is 8.02. The minimum atomic E-state index is -0.00173. The molecule has 0 bridgehead atoms. The van der Waals surface area contributed by atoms with Crippen LogP contribution in [0, 0.1) is 6.92 Å². The molecule has 2 aromatic rings. The molecule has 0 fully saturated rings. The van der Waals surface area contributed by atoms with Gasteiger partial charge in [-0.3, -0.25) is 4.90 Å². The van der Waals surface area contributed by atoms with Crippen LogP contribution in [-0.4, -0.2) is 26.4 Å². The fourth-order valence-electron chi connectivity index (χ4n) is 2.84. The van der Waals surface area contributed by atoms with Crippen LogP contribution in [0.2, 0.25) is 5.15 Å². The lowest BCUT2D eigenvalue weighted by Gasteiger charge is -2.29. The second-order valence-corrected chi connectivity index (χ2v) is 7.64. The molecule has 0 aromatic carbocycles. The number of pyridine rings is 1. The topological polar surface area (TPSA) is 41.9 Å². The van der Waals surface area contributed by atoms with Crippen LogP contribution in [0.4, 0.5) is 0 Å². The molecule has 0 spiro atoms. The molecule has 0 saturated heterocycles. The van der Waals surface area contributed by atoms with E-state index in [-0.39, 0.29) is 5.41 Å². The van der Waals surface area contributed by atoms with Gasteiger partial charge in [-0.25, -0.2) is 15.0 Å². The fraction of sp³-hybridized carbons (Fsp3) is 0.500. The fourth-order valence-corrected chi connectivity index (χ4v) is 3.03. The van der Waals surface area contributed by atoms with E-state index < -0.39 is 0 Å². The van der Waals surface area contributed by atoms with Crippen molar-refractivity contribution in [2.24, 2.45) is 0 Å². The number of hydrogen-bond acceptors (Lipinski definition) is 4. The Balaban J connectivity index is 1.75. The summed E-state index contributed by atoms with van der Waals surface area (Å²) in [5, 5.41) is 0.554. The first-order chi connectivity index (χ1) is 10.8. The number of rotatable bonds is 2. The normalized spacial score (nSPS) is 15.5. The van der Waals surface area contributed by atoms with E-state index >= 15 is 0 Å². The summed E-state index contributed by atoms with van der Waals surface area (Å²) in [6.45, 7) is 11.3. The molecule has 0 unspecified atom stereocenters. The van der Waals surface area contributed by atoms with Crippen molar-refractivity contribution in [3.05, 3.63) is 51.8 Å². The van der Waals surface area contributed by atoms with Gasteiger partial charge in [0.2, 0.25) is 0 Å². The highest BCUT2D eigenvalue weighted by Crippen LogP contribution is 2.23. The highest BCUT2D eigenvalue weighted by atomic mass is 35.5. The van der Waals surface area contributed by atoms with Crippen LogP contribution in [0.1, 0.15) is 49.1 Å². The van der Waals surface area contributed by atoms with Crippen LogP contribution in [0.25, 0.3) is 0 Å². The molecule has 0 atom stereocenters. The maximum atomic E-state index is 5.94. The Morgan fingerprint density at radius 3 is 2.70 bits per heavy atom. The van der Waals surface area contributed by atoms with Gasteiger partial charge in [-0.05, 0) is 18.6 Å². The van der Waals surface area contributed by atoms with Crippen LogP contribution in [0.15, 0.2) is 18.3 Å². The minimum absolute atomic E-state index is 0.00173. The van der Waals surface area contributed by atoms with Gasteiger partial charge < -0.3 is 0 Å². The molecule has 4 nitrogen and oxygen atoms in total. The van der Waals surface area contributed by atoms with Crippen LogP contribution in [0.5, 0.6) is 0 Å². The Kier molecular flexibility index (Phi) is 4.39. The smallest absolute Gasteiger partial charge is 0.133 e. The lowest BCUT2D eigenvalue weighted by molar-refractivity contribution is 0.241. The van der Waals surface area contributed by atoms with Gasteiger partial charge >= 0.3 is 0 Å². The van der Waals surface area contributed by atoms with Gasteiger partial charge in [0.15, 0.2) is 0 Å². The third-order valence-electron chi connectivity index (χ3n) is 4.24. The van der Waals surface area contributed by atoms with E-state index in [2.05, 4.69) is 41.7 Å². The molecule has 0 amide bonds. The summed E-state index contributed by atoms with van der Waals surface area (Å²) in [5.74, 6) is 0.933. The van der Waals surface area contributed by atoms with Crippen molar-refractivity contribution in [2.45, 2.75) is 52.6 Å². The highest BCUT2D eigenvalue weighted by Gasteiger charge is 2.23. The maximum Gasteiger partial charge on any atom is 0.133 e. The number of fused-ring (bicyclic) bond motifs is 1. The van der Waals surface area contributed by atoms with E-state index in [0.717, 1.165) is 37.6 Å². The molecule has 3 rings (SSSR count). The van der Waals surface area contributed by atoms with E-state index in [1.807, 2.05) is 19.2 Å². The number of halogens is 1. The van der Waals surface area contributed by atoms with E-state index in [1.54, 1.807) is 0 Å². The molecule has 23 heavy (non-hydrogen) atoms. The molecule has 0 radical (unpaired) electrons. The van der Waals surface area contributed by atoms with Crippen molar-refractivity contribution >= 4 is 11.6 Å². The monoisotopic (exact) mass is 330 g/mol. The molecule has 0 saturated carbocycles. The maximum absolute atomic E-state index is 5.94. The van der Waals surface area contributed by atoms with E-state index in [4.69, 9.17) is 16.6 Å². The van der Waals surface area contributed by atoms with Gasteiger partial charge in [-0.1, -0.05) is 38.4 Å². The third kappa shape index (κ3) is 3.70. The Labute approximate surface area is 142 Å². The zero-order valence-corrected chi connectivity index (χ0v) is 15.0. The summed E-state index contributed by atoms with van der Waals surface area (Å²) in [5.41, 5.74) is 4.67. The Morgan fingerprint density at radius 2 is 2.00 bits per heavy atom. The van der Waals surface area contributed by atoms with Gasteiger partial charge in [0.05, 0.1) is 0 Å². The summed E-state index contributed by atoms with van der Waals surface area (Å²) in [6.07, 6.45) is 2.98. The molecular weight excluding hydrogens is 308 g/mol. The third-order valence-corrected chi connectivity index (χ3v) is 4.45. The van der Waals surface area contributed by atoms with Crippen LogP contribution in [-0.2, 0) is 24.9 Å². The first-order valence-corrected chi connectivity index (χ1v) is 8.40. The Morgan fingerprint density at radius 1 is 1.22 bits per heavy atom. The molecule has 1 aliphatic rings. The van der Waals surface area contributed by atoms with Crippen LogP contribution in [0.3, 0.4) is 0 Å². The predicted molar refractivity (Wildman–Crippen MR) is 92.5 cm³/mol. The van der Waals surface area contributed by atoms with Crippen molar-refractivity contribution in [2.75, 3.05) is 6.54 Å². The summed E-state index contributed by atoms with van der Waals surface area (Å²) in [6, 6.07) is 3.93. The average Bonchev–Trinajstić information content (AvgIpc) is 2.48. The summed E-state index contributed by atoms with van der Waals surface area (Å²) >= 11 is 5.94. The number of aromatic nitrogens is 3. The largest absolute Gasteiger partial charge is 0.294 e. The SMILES string of the molecule is Cc1nc(Cl)ccc1CN1CCc2nc(C(C)(C)C)ncc2C1.